The molecule has 15 nitrogen and oxygen atoms in total. The van der Waals surface area contributed by atoms with E-state index >= 15 is 4.39 Å². The number of hydrogen-bond donors (Lipinski definition) is 5. The van der Waals surface area contributed by atoms with Crippen LogP contribution in [0, 0.1) is 17.0 Å². The molecule has 5 rings (SSSR count). The van der Waals surface area contributed by atoms with Crippen molar-refractivity contribution in [1.82, 2.24) is 19.9 Å². The molecule has 2 aromatic heterocycles. The topological polar surface area (TPSA) is 234 Å². The highest BCUT2D eigenvalue weighted by Crippen LogP contribution is 2.40. The monoisotopic (exact) mass is 641 g/mol. The normalized spacial score (nSPS) is 14.8. The number of hydrogen-bond acceptors (Lipinski definition) is 12. The van der Waals surface area contributed by atoms with Gasteiger partial charge < -0.3 is 25.4 Å². The van der Waals surface area contributed by atoms with E-state index in [1.807, 2.05) is 4.98 Å². The van der Waals surface area contributed by atoms with Crippen LogP contribution in [0.1, 0.15) is 27.7 Å². The first kappa shape index (κ1) is 30.7. The summed E-state index contributed by atoms with van der Waals surface area (Å²) in [7, 11) is -2.90. The van der Waals surface area contributed by atoms with Gasteiger partial charge in [0.05, 0.1) is 17.3 Å². The van der Waals surface area contributed by atoms with Crippen molar-refractivity contribution in [3.63, 3.8) is 0 Å². The molecule has 18 heteroatoms. The maximum atomic E-state index is 15.6. The van der Waals surface area contributed by atoms with Crippen molar-refractivity contribution in [2.24, 2.45) is 10.7 Å². The van der Waals surface area contributed by atoms with Crippen LogP contribution in [0.25, 0.3) is 0 Å². The zero-order valence-electron chi connectivity index (χ0n) is 22.9. The predicted molar refractivity (Wildman–Crippen MR) is 151 cm³/mol. The number of ether oxygens (including phenoxy) is 2. The molecule has 2 aromatic carbocycles. The Morgan fingerprint density at radius 1 is 1.13 bits per heavy atom. The summed E-state index contributed by atoms with van der Waals surface area (Å²) in [5.41, 5.74) is 3.67. The summed E-state index contributed by atoms with van der Waals surface area (Å²) in [6.07, 6.45) is 1.86. The fourth-order valence-corrected chi connectivity index (χ4v) is 5.32. The number of H-pyrrole nitrogens is 1. The summed E-state index contributed by atoms with van der Waals surface area (Å²) in [6, 6.07) is 6.86. The summed E-state index contributed by atoms with van der Waals surface area (Å²) < 4.78 is 68.1. The van der Waals surface area contributed by atoms with E-state index in [1.165, 1.54) is 12.3 Å². The van der Waals surface area contributed by atoms with Gasteiger partial charge in [-0.15, -0.1) is 0 Å². The van der Waals surface area contributed by atoms with Gasteiger partial charge in [0.2, 0.25) is 26.6 Å². The second-order valence-corrected chi connectivity index (χ2v) is 11.3. The number of nitrogens with two attached hydrogens (primary N) is 1. The van der Waals surface area contributed by atoms with E-state index in [0.717, 1.165) is 30.3 Å². The van der Waals surface area contributed by atoms with Gasteiger partial charge >= 0.3 is 5.97 Å². The van der Waals surface area contributed by atoms with E-state index in [0.29, 0.717) is 18.9 Å². The lowest BCUT2D eigenvalue weighted by molar-refractivity contribution is 0.0694. The number of aromatic carboxylic acids is 1. The Kier molecular flexibility index (Phi) is 8.01. The van der Waals surface area contributed by atoms with Gasteiger partial charge in [-0.25, -0.2) is 27.6 Å². The smallest absolute Gasteiger partial charge is 0.342 e. The van der Waals surface area contributed by atoms with Crippen LogP contribution in [0.15, 0.2) is 68.6 Å². The van der Waals surface area contributed by atoms with Crippen LogP contribution < -0.4 is 20.8 Å². The molecule has 0 fully saturated rings. The van der Waals surface area contributed by atoms with Gasteiger partial charge in [0.25, 0.3) is 11.4 Å². The molecule has 232 valence electrons. The zero-order valence-corrected chi connectivity index (χ0v) is 23.7. The van der Waals surface area contributed by atoms with Gasteiger partial charge in [0.1, 0.15) is 23.3 Å². The zero-order chi connectivity index (χ0) is 32.6. The van der Waals surface area contributed by atoms with Gasteiger partial charge in [-0.2, -0.15) is 4.39 Å². The van der Waals surface area contributed by atoms with Crippen molar-refractivity contribution in [2.45, 2.75) is 16.2 Å². The number of phenolic OH excluding ortho intramolecular Hbond substituents is 1. The van der Waals surface area contributed by atoms with E-state index in [4.69, 9.17) is 25.7 Å². The van der Waals surface area contributed by atoms with Crippen LogP contribution >= 0.6 is 0 Å². The third-order valence-corrected chi connectivity index (χ3v) is 8.04. The maximum Gasteiger partial charge on any atom is 0.342 e. The summed E-state index contributed by atoms with van der Waals surface area (Å²) in [6.45, 7) is 0.339. The molecule has 0 amide bonds. The van der Waals surface area contributed by atoms with E-state index in [-0.39, 0.29) is 28.5 Å². The molecule has 6 N–H and O–H groups in total. The van der Waals surface area contributed by atoms with Crippen LogP contribution in [0.2, 0.25) is 0 Å². The van der Waals surface area contributed by atoms with Gasteiger partial charge in [-0.05, 0) is 43.4 Å². The number of halogens is 2. The molecule has 1 atom stereocenters. The molecular weight excluding hydrogens is 620 g/mol. The SMILES string of the molecule is CN1CC=NC1c1cc(S(=O)(=O)c2ncc(C(=O)O)c(=O)[nH]2)ccc1Oc1c(F)cnc(Oc2cc(C(=N)N)ccc2O)c1F. The van der Waals surface area contributed by atoms with Gasteiger partial charge in [-0.3, -0.25) is 25.1 Å². The third kappa shape index (κ3) is 5.91. The average molecular weight is 642 g/mol. The van der Waals surface area contributed by atoms with Gasteiger partial charge in [0.15, 0.2) is 17.3 Å². The minimum Gasteiger partial charge on any atom is -0.504 e. The van der Waals surface area contributed by atoms with Crippen LogP contribution in [0.4, 0.5) is 8.78 Å². The largest absolute Gasteiger partial charge is 0.504 e. The molecule has 0 spiro atoms. The standard InChI is InChI=1S/C27H21F2N7O8S/c1-36-7-6-32-23(36)14-9-13(45(41,42)27-34-10-15(26(39)40)24(38)35-27)3-5-18(14)43-21-16(28)11-33-25(20(21)29)44-19-8-12(22(30)31)2-4-17(19)37/h2-6,8-11,23,37H,7H2,1H3,(H3,30,31)(H,39,40)(H,34,35,38). The molecule has 1 unspecified atom stereocenters. The van der Waals surface area contributed by atoms with Gasteiger partial charge in [0, 0.05) is 23.9 Å². The number of nitrogens with one attached hydrogen (secondary N) is 2. The summed E-state index contributed by atoms with van der Waals surface area (Å²) in [5.74, 6) is -7.46. The number of nitrogens with zero attached hydrogens (tertiary/aromatic N) is 4. The summed E-state index contributed by atoms with van der Waals surface area (Å²) >= 11 is 0. The predicted octanol–water partition coefficient (Wildman–Crippen LogP) is 2.56. The Hall–Kier alpha value is -5.75. The molecule has 1 aliphatic heterocycles. The van der Waals surface area contributed by atoms with Crippen molar-refractivity contribution in [3.05, 3.63) is 87.5 Å². The molecule has 1 aliphatic rings. The van der Waals surface area contributed by atoms with E-state index in [9.17, 15) is 27.5 Å². The second kappa shape index (κ2) is 11.7. The lowest BCUT2D eigenvalue weighted by Crippen LogP contribution is -2.22. The van der Waals surface area contributed by atoms with Crippen molar-refractivity contribution >= 4 is 27.9 Å². The summed E-state index contributed by atoms with van der Waals surface area (Å²) in [5, 5.41) is 25.9. The van der Waals surface area contributed by atoms with Gasteiger partial charge in [-0.1, -0.05) is 0 Å². The Bertz CT molecular complexity index is 2070. The number of aliphatic imine (C=N–C) groups is 1. The first-order chi connectivity index (χ1) is 21.3. The fourth-order valence-electron chi connectivity index (χ4n) is 4.15. The number of aromatic amines is 1. The number of carboxylic acid groups (broad SMARTS) is 1. The van der Waals surface area contributed by atoms with Crippen LogP contribution in [-0.4, -0.2) is 70.1 Å². The number of benzene rings is 2. The Morgan fingerprint density at radius 2 is 1.89 bits per heavy atom. The van der Waals surface area contributed by atoms with Crippen molar-refractivity contribution in [2.75, 3.05) is 13.6 Å². The highest BCUT2D eigenvalue weighted by atomic mass is 32.2. The molecule has 0 bridgehead atoms. The molecule has 3 heterocycles. The first-order valence-corrected chi connectivity index (χ1v) is 14.1. The molecule has 0 saturated carbocycles. The molecule has 0 aliphatic carbocycles. The molecule has 4 aromatic rings. The van der Waals surface area contributed by atoms with Crippen LogP contribution in [-0.2, 0) is 9.84 Å². The minimum absolute atomic E-state index is 0.0433. The van der Waals surface area contributed by atoms with E-state index in [1.54, 1.807) is 11.9 Å². The summed E-state index contributed by atoms with van der Waals surface area (Å²) in [4.78, 5) is 37.9. The number of pyridine rings is 1. The lowest BCUT2D eigenvalue weighted by Gasteiger charge is -2.22. The maximum absolute atomic E-state index is 15.6. The number of aromatic hydroxyl groups is 1. The number of carbonyl (C=O) groups is 1. The number of carboxylic acids is 1. The quantitative estimate of drug-likeness (QED) is 0.101. The number of nitrogen functional groups attached to an aromatic ring is 1. The molecular formula is C27H21F2N7O8S. The van der Waals surface area contributed by atoms with Crippen LogP contribution in [0.5, 0.6) is 28.9 Å². The Balaban J connectivity index is 1.56. The molecule has 0 saturated heterocycles. The Morgan fingerprint density at radius 3 is 2.53 bits per heavy atom. The van der Waals surface area contributed by atoms with Crippen molar-refractivity contribution < 1.29 is 41.7 Å². The average Bonchev–Trinajstić information content (AvgIpc) is 3.42. The lowest BCUT2D eigenvalue weighted by atomic mass is 10.1. The van der Waals surface area contributed by atoms with E-state index in [2.05, 4.69) is 15.0 Å². The van der Waals surface area contributed by atoms with Crippen molar-refractivity contribution in [3.8, 4) is 28.9 Å². The highest BCUT2D eigenvalue weighted by Gasteiger charge is 2.30. The number of phenols is 1. The van der Waals surface area contributed by atoms with Crippen LogP contribution in [0.3, 0.4) is 0 Å². The third-order valence-electron chi connectivity index (χ3n) is 6.45. The molecule has 0 radical (unpaired) electrons. The first-order valence-electron chi connectivity index (χ1n) is 12.6. The number of aromatic nitrogens is 3. The number of amidine groups is 1. The van der Waals surface area contributed by atoms with E-state index < -0.39 is 72.2 Å². The minimum atomic E-state index is -4.55. The Labute approximate surface area is 251 Å². The highest BCUT2D eigenvalue weighted by molar-refractivity contribution is 7.91. The fraction of sp³-hybridized carbons (Fsp3) is 0.111. The number of sulfone groups is 1. The molecule has 45 heavy (non-hydrogen) atoms. The van der Waals surface area contributed by atoms with Crippen molar-refractivity contribution in [1.29, 1.82) is 5.41 Å². The number of rotatable bonds is 9. The second-order valence-electron chi connectivity index (χ2n) is 9.44.